The molecule has 0 spiro atoms. The number of hydrogen-bond donors (Lipinski definition) is 3. The van der Waals surface area contributed by atoms with Gasteiger partial charge in [-0.2, -0.15) is 4.57 Å². The van der Waals surface area contributed by atoms with Gasteiger partial charge in [-0.15, -0.1) is 0 Å². The number of fused-ring (bicyclic) bond motifs is 4. The van der Waals surface area contributed by atoms with Crippen LogP contribution in [0.2, 0.25) is 0 Å². The van der Waals surface area contributed by atoms with Gasteiger partial charge in [0.15, 0.2) is 6.20 Å². The van der Waals surface area contributed by atoms with E-state index < -0.39 is 0 Å². The van der Waals surface area contributed by atoms with Crippen LogP contribution in [0.1, 0.15) is 62.5 Å². The molecule has 5 aromatic rings. The quantitative estimate of drug-likeness (QED) is 0.0413. The Bertz CT molecular complexity index is 2610. The average molecular weight is 932 g/mol. The molecule has 67 heavy (non-hydrogen) atoms. The Morgan fingerprint density at radius 2 is 1.57 bits per heavy atom. The van der Waals surface area contributed by atoms with E-state index in [0.717, 1.165) is 51.6 Å². The summed E-state index contributed by atoms with van der Waals surface area (Å²) < 4.78 is 8.02. The number of rotatable bonds is 24. The second-order valence-corrected chi connectivity index (χ2v) is 19.2. The predicted molar refractivity (Wildman–Crippen MR) is 280 cm³/mol. The molecule has 0 radical (unpaired) electrons. The number of hydrogen-bond acceptors (Lipinski definition) is 9. The van der Waals surface area contributed by atoms with Gasteiger partial charge in [0, 0.05) is 91.0 Å². The van der Waals surface area contributed by atoms with Crippen LogP contribution in [0.4, 0.5) is 17.1 Å². The van der Waals surface area contributed by atoms with Gasteiger partial charge in [-0.05, 0) is 85.4 Å². The number of unbranched alkanes of at least 4 members (excludes halogenated alkanes) is 4. The van der Waals surface area contributed by atoms with Gasteiger partial charge in [0.25, 0.3) is 0 Å². The Morgan fingerprint density at radius 1 is 0.791 bits per heavy atom. The number of amides is 1. The molecule has 1 atom stereocenters. The summed E-state index contributed by atoms with van der Waals surface area (Å²) in [7, 11) is 2.12. The number of Topliss-reactive ketones (excluding diaryl/α,β-unsaturated/α-hetero) is 1. The Labute approximate surface area is 405 Å². The first kappa shape index (κ1) is 47.6. The lowest BCUT2D eigenvalue weighted by Gasteiger charge is -2.27. The molecule has 1 aromatic heterocycles. The summed E-state index contributed by atoms with van der Waals surface area (Å²) in [6.07, 6.45) is 26.5. The van der Waals surface area contributed by atoms with Gasteiger partial charge < -0.3 is 30.5 Å². The first-order chi connectivity index (χ1) is 33.0. The number of carbonyl (C=O) groups excluding carboxylic acids is 2. The van der Waals surface area contributed by atoms with E-state index >= 15 is 0 Å². The minimum absolute atomic E-state index is 0.0640. The molecule has 0 fully saturated rings. The Hall–Kier alpha value is -5.85. The number of nitrogens with one attached hydrogen (secondary N) is 3. The van der Waals surface area contributed by atoms with Crippen molar-refractivity contribution in [3.63, 3.8) is 0 Å². The number of carbonyl (C=O) groups is 2. The van der Waals surface area contributed by atoms with Crippen LogP contribution >= 0.6 is 23.5 Å². The second-order valence-electron chi connectivity index (χ2n) is 17.0. The summed E-state index contributed by atoms with van der Waals surface area (Å²) in [6, 6.07) is 36.3. The molecule has 4 aromatic carbocycles. The molecule has 9 nitrogen and oxygen atoms in total. The first-order valence-corrected chi connectivity index (χ1v) is 25.5. The molecule has 0 bridgehead atoms. The van der Waals surface area contributed by atoms with E-state index in [1.54, 1.807) is 11.8 Å². The monoisotopic (exact) mass is 931 g/mol. The molecule has 0 aliphatic carbocycles. The van der Waals surface area contributed by atoms with Crippen molar-refractivity contribution in [1.29, 1.82) is 0 Å². The molecule has 346 valence electrons. The number of anilines is 3. The lowest BCUT2D eigenvalue weighted by atomic mass is 9.99. The number of benzene rings is 4. The van der Waals surface area contributed by atoms with Crippen molar-refractivity contribution in [2.75, 3.05) is 61.6 Å². The van der Waals surface area contributed by atoms with Crippen LogP contribution in [0.3, 0.4) is 0 Å². The highest BCUT2D eigenvalue weighted by Crippen LogP contribution is 2.44. The SMILES string of the molecule is CN1C(=CC=Cc2cc[n+](CCCCCC(=O)CNCCOCCNC(=O)CCCCCN3C=CC(=CC=CC4Nc5ccccc5S4)c4ccccc43)c3ccccc23)Sc2ccccc21. The summed E-state index contributed by atoms with van der Waals surface area (Å²) in [4.78, 5) is 32.1. The zero-order chi connectivity index (χ0) is 46.0. The number of allylic oxidation sites excluding steroid dienone is 6. The molecule has 0 saturated carbocycles. The van der Waals surface area contributed by atoms with Gasteiger partial charge >= 0.3 is 0 Å². The number of aryl methyl sites for hydroxylation is 1. The van der Waals surface area contributed by atoms with Crippen LogP contribution in [-0.4, -0.2) is 63.5 Å². The number of aromatic nitrogens is 1. The Morgan fingerprint density at radius 3 is 2.46 bits per heavy atom. The number of ketones is 1. The molecule has 3 aliphatic rings. The fourth-order valence-electron chi connectivity index (χ4n) is 8.59. The maximum absolute atomic E-state index is 12.5. The highest BCUT2D eigenvalue weighted by atomic mass is 32.2. The summed E-state index contributed by atoms with van der Waals surface area (Å²) in [6.45, 7) is 4.23. The molecule has 3 N–H and O–H groups in total. The molecular formula is C56H63N6O3S2+. The molecule has 3 aliphatic heterocycles. The number of thioether (sulfide) groups is 2. The second kappa shape index (κ2) is 24.8. The van der Waals surface area contributed by atoms with Crippen molar-refractivity contribution >= 4 is 74.8 Å². The number of ether oxygens (including phenoxy) is 1. The van der Waals surface area contributed by atoms with Crippen molar-refractivity contribution in [1.82, 2.24) is 10.6 Å². The largest absolute Gasteiger partial charge is 0.378 e. The minimum Gasteiger partial charge on any atom is -0.378 e. The van der Waals surface area contributed by atoms with E-state index in [4.69, 9.17) is 4.74 Å². The van der Waals surface area contributed by atoms with E-state index in [0.29, 0.717) is 45.7 Å². The molecular weight excluding hydrogens is 869 g/mol. The molecule has 11 heteroatoms. The predicted octanol–water partition coefficient (Wildman–Crippen LogP) is 11.2. The minimum atomic E-state index is 0.0640. The first-order valence-electron chi connectivity index (χ1n) is 23.8. The van der Waals surface area contributed by atoms with Gasteiger partial charge in [0.05, 0.1) is 41.2 Å². The van der Waals surface area contributed by atoms with Crippen molar-refractivity contribution in [3.8, 4) is 0 Å². The molecule has 1 amide bonds. The molecule has 8 rings (SSSR count). The third-order valence-electron chi connectivity index (χ3n) is 12.2. The molecule has 4 heterocycles. The van der Waals surface area contributed by atoms with E-state index in [2.05, 4.69) is 195 Å². The number of para-hydroxylation sites is 4. The smallest absolute Gasteiger partial charge is 0.220 e. The van der Waals surface area contributed by atoms with Crippen molar-refractivity contribution < 1.29 is 18.9 Å². The van der Waals surface area contributed by atoms with Gasteiger partial charge in [-0.25, -0.2) is 0 Å². The van der Waals surface area contributed by atoms with Crippen molar-refractivity contribution in [2.24, 2.45) is 0 Å². The topological polar surface area (TPSA) is 89.8 Å². The van der Waals surface area contributed by atoms with Crippen LogP contribution in [0.15, 0.2) is 167 Å². The van der Waals surface area contributed by atoms with E-state index in [1.807, 2.05) is 11.8 Å². The van der Waals surface area contributed by atoms with Crippen LogP contribution in [0.5, 0.6) is 0 Å². The fraction of sp³-hybridized carbons (Fsp3) is 0.304. The highest BCUT2D eigenvalue weighted by molar-refractivity contribution is 8.03. The third kappa shape index (κ3) is 13.4. The maximum atomic E-state index is 12.5. The third-order valence-corrected chi connectivity index (χ3v) is 14.5. The van der Waals surface area contributed by atoms with Crippen LogP contribution in [0, 0.1) is 0 Å². The average Bonchev–Trinajstić information content (AvgIpc) is 3.92. The van der Waals surface area contributed by atoms with Crippen LogP contribution < -0.4 is 30.3 Å². The lowest BCUT2D eigenvalue weighted by molar-refractivity contribution is -0.671. The van der Waals surface area contributed by atoms with E-state index in [1.165, 1.54) is 59.5 Å². The fourth-order valence-corrected chi connectivity index (χ4v) is 10.7. The summed E-state index contributed by atoms with van der Waals surface area (Å²) in [5, 5.41) is 12.4. The van der Waals surface area contributed by atoms with E-state index in [9.17, 15) is 9.59 Å². The maximum Gasteiger partial charge on any atom is 0.220 e. The Balaban J connectivity index is 0.630. The molecule has 0 saturated heterocycles. The van der Waals surface area contributed by atoms with Crippen LogP contribution in [-0.2, 0) is 20.9 Å². The van der Waals surface area contributed by atoms with Crippen molar-refractivity contribution in [2.45, 2.75) is 73.1 Å². The van der Waals surface area contributed by atoms with Gasteiger partial charge in [-0.1, -0.05) is 115 Å². The number of pyridine rings is 1. The summed E-state index contributed by atoms with van der Waals surface area (Å²) in [5.41, 5.74) is 8.52. The molecule has 1 unspecified atom stereocenters. The normalized spacial score (nSPS) is 16.3. The van der Waals surface area contributed by atoms with E-state index in [-0.39, 0.29) is 17.1 Å². The lowest BCUT2D eigenvalue weighted by Crippen LogP contribution is -2.34. The summed E-state index contributed by atoms with van der Waals surface area (Å²) in [5.74, 6) is 0.294. The highest BCUT2D eigenvalue weighted by Gasteiger charge is 2.21. The van der Waals surface area contributed by atoms with Gasteiger partial charge in [-0.3, -0.25) is 9.59 Å². The summed E-state index contributed by atoms with van der Waals surface area (Å²) >= 11 is 3.64. The zero-order valence-corrected chi connectivity index (χ0v) is 40.2. The number of nitrogens with zero attached hydrogens (tertiary/aromatic N) is 3. The zero-order valence-electron chi connectivity index (χ0n) is 38.6. The van der Waals surface area contributed by atoms with Gasteiger partial charge in [0.1, 0.15) is 12.3 Å². The Kier molecular flexibility index (Phi) is 17.6. The standard InChI is InChI=1S/C56H62N6O3S2/c1-60-51-26-11-13-28-53(51)67-56(60)31-17-19-44-33-39-61(50-25-10-7-22-47(44)50)36-14-2-4-20-45(63)42-57-34-40-65-41-35-58-54(64)29-5-3-15-37-62-38-32-43(46-21-6-9-24-49(46)62)18-16-30-55-59-48-23-8-12-27-52(48)66-55/h6-13,16-19,21-28,30-33,38-39,55,57,59H,2-5,14-15,20,29,34-37,40-42H2,1H3/p+1. The van der Waals surface area contributed by atoms with Gasteiger partial charge in [0.2, 0.25) is 11.4 Å². The van der Waals surface area contributed by atoms with Crippen LogP contribution in [0.25, 0.3) is 22.6 Å². The van der Waals surface area contributed by atoms with Crippen molar-refractivity contribution in [3.05, 3.63) is 168 Å².